The van der Waals surface area contributed by atoms with Gasteiger partial charge in [-0.3, -0.25) is 4.79 Å². The molecule has 1 N–H and O–H groups in total. The summed E-state index contributed by atoms with van der Waals surface area (Å²) in [5, 5.41) is 2.65. The molecule has 7 nitrogen and oxygen atoms in total. The van der Waals surface area contributed by atoms with Crippen molar-refractivity contribution in [1.29, 1.82) is 0 Å². The van der Waals surface area contributed by atoms with Gasteiger partial charge in [-0.15, -0.1) is 6.42 Å². The molecule has 2 amide bonds. The summed E-state index contributed by atoms with van der Waals surface area (Å²) in [7, 11) is 1.28. The number of nitrogens with zero attached hydrogens (tertiary/aromatic N) is 1. The minimum Gasteiger partial charge on any atom is -0.467 e. The summed E-state index contributed by atoms with van der Waals surface area (Å²) in [6.45, 7) is 1.82. The summed E-state index contributed by atoms with van der Waals surface area (Å²) in [6, 6.07) is -0.599. The first-order chi connectivity index (χ1) is 11.9. The number of terminal acetylenes is 1. The highest BCUT2D eigenvalue weighted by molar-refractivity contribution is 6.32. The number of methoxy groups -OCH3 is 1. The van der Waals surface area contributed by atoms with Crippen LogP contribution in [-0.4, -0.2) is 55.7 Å². The van der Waals surface area contributed by atoms with Crippen LogP contribution in [0.4, 0.5) is 4.79 Å². The lowest BCUT2D eigenvalue weighted by Crippen LogP contribution is -2.46. The highest BCUT2D eigenvalue weighted by Crippen LogP contribution is 2.18. The number of carbonyl (C=O) groups excluding carboxylic acids is 3. The molecule has 0 aliphatic carbocycles. The molecule has 0 aromatic rings. The molecule has 1 unspecified atom stereocenters. The molecule has 1 rings (SSSR count). The molecule has 0 spiro atoms. The number of hydrogen-bond donors (Lipinski definition) is 1. The van der Waals surface area contributed by atoms with Crippen LogP contribution in [0.2, 0.25) is 0 Å². The number of ether oxygens (including phenoxy) is 2. The van der Waals surface area contributed by atoms with Gasteiger partial charge in [0.05, 0.1) is 12.1 Å². The van der Waals surface area contributed by atoms with Gasteiger partial charge in [-0.25, -0.2) is 9.59 Å². The zero-order chi connectivity index (χ0) is 18.8. The van der Waals surface area contributed by atoms with Gasteiger partial charge in [-0.2, -0.15) is 0 Å². The molecular weight excluding hydrogens is 348 g/mol. The number of amides is 2. The second-order valence-corrected chi connectivity index (χ2v) is 5.58. The minimum atomic E-state index is -0.772. The number of likely N-dealkylation sites (tertiary alicyclic amines) is 1. The number of halogens is 1. The smallest absolute Gasteiger partial charge is 0.407 e. The van der Waals surface area contributed by atoms with Crippen LogP contribution in [0.25, 0.3) is 0 Å². The molecule has 25 heavy (non-hydrogen) atoms. The van der Waals surface area contributed by atoms with Crippen LogP contribution in [0.3, 0.4) is 0 Å². The molecule has 0 radical (unpaired) electrons. The molecule has 0 aromatic heterocycles. The van der Waals surface area contributed by atoms with Crippen LogP contribution >= 0.6 is 11.6 Å². The lowest BCUT2D eigenvalue weighted by Gasteiger charge is -2.22. The first-order valence-electron chi connectivity index (χ1n) is 7.69. The zero-order valence-corrected chi connectivity index (χ0v) is 15.0. The van der Waals surface area contributed by atoms with Crippen LogP contribution in [0.15, 0.2) is 22.8 Å². The molecule has 136 valence electrons. The summed E-state index contributed by atoms with van der Waals surface area (Å²) in [5.41, 5.74) is 0.548. The van der Waals surface area contributed by atoms with E-state index in [1.807, 2.05) is 0 Å². The van der Waals surface area contributed by atoms with Crippen LogP contribution < -0.4 is 5.32 Å². The third kappa shape index (κ3) is 6.16. The van der Waals surface area contributed by atoms with Gasteiger partial charge < -0.3 is 19.7 Å². The van der Waals surface area contributed by atoms with E-state index in [4.69, 9.17) is 22.8 Å². The highest BCUT2D eigenvalue weighted by atomic mass is 35.5. The largest absolute Gasteiger partial charge is 0.467 e. The van der Waals surface area contributed by atoms with E-state index in [1.165, 1.54) is 18.1 Å². The maximum Gasteiger partial charge on any atom is 0.407 e. The maximum atomic E-state index is 12.2. The Labute approximate surface area is 152 Å². The van der Waals surface area contributed by atoms with Gasteiger partial charge in [-0.1, -0.05) is 23.6 Å². The predicted octanol–water partition coefficient (Wildman–Crippen LogP) is 1.58. The Morgan fingerprint density at radius 1 is 1.44 bits per heavy atom. The van der Waals surface area contributed by atoms with Crippen LogP contribution in [-0.2, 0) is 19.1 Å². The molecule has 0 aromatic carbocycles. The maximum absolute atomic E-state index is 12.2. The van der Waals surface area contributed by atoms with E-state index in [1.54, 1.807) is 13.0 Å². The van der Waals surface area contributed by atoms with Crippen LogP contribution in [0.5, 0.6) is 0 Å². The van der Waals surface area contributed by atoms with E-state index in [0.29, 0.717) is 30.0 Å². The van der Waals surface area contributed by atoms with E-state index in [-0.39, 0.29) is 19.1 Å². The molecule has 1 aliphatic heterocycles. The molecule has 1 aliphatic rings. The van der Waals surface area contributed by atoms with Crippen molar-refractivity contribution in [3.63, 3.8) is 0 Å². The summed E-state index contributed by atoms with van der Waals surface area (Å²) in [5.74, 6) is 1.45. The molecule has 1 atom stereocenters. The van der Waals surface area contributed by atoms with Gasteiger partial charge >= 0.3 is 12.1 Å². The van der Waals surface area contributed by atoms with E-state index in [2.05, 4.69) is 16.0 Å². The Balaban J connectivity index is 2.46. The summed E-state index contributed by atoms with van der Waals surface area (Å²) >= 11 is 5.94. The Bertz CT molecular complexity index is 621. The Hall–Kier alpha value is -2.46. The van der Waals surface area contributed by atoms with Crippen LogP contribution in [0.1, 0.15) is 19.8 Å². The van der Waals surface area contributed by atoms with Gasteiger partial charge in [0.2, 0.25) is 5.91 Å². The van der Waals surface area contributed by atoms with Crippen molar-refractivity contribution < 1.29 is 23.9 Å². The molecule has 1 heterocycles. The van der Waals surface area contributed by atoms with Crippen molar-refractivity contribution in [2.75, 3.05) is 26.8 Å². The summed E-state index contributed by atoms with van der Waals surface area (Å²) in [4.78, 5) is 36.9. The molecule has 0 bridgehead atoms. The standard InChI is InChI=1S/C17H21ClN2O5/c1-4-7-13(18)12(5-2)11-25-17(23)19-10-15(21)20-9-6-8-14(20)16(22)24-3/h1,5,7,14H,6,8-11H2,2-3H3,(H,19,23)/b12-5-,13-7+. The third-order valence-electron chi connectivity index (χ3n) is 3.65. The van der Waals surface area contributed by atoms with E-state index in [0.717, 1.165) is 0 Å². The lowest BCUT2D eigenvalue weighted by molar-refractivity contribution is -0.150. The predicted molar refractivity (Wildman–Crippen MR) is 92.6 cm³/mol. The second-order valence-electron chi connectivity index (χ2n) is 5.17. The van der Waals surface area contributed by atoms with Crippen molar-refractivity contribution >= 4 is 29.6 Å². The number of nitrogens with one attached hydrogen (secondary N) is 1. The van der Waals surface area contributed by atoms with Crippen LogP contribution in [0, 0.1) is 12.3 Å². The average molecular weight is 369 g/mol. The number of esters is 1. The Kier molecular flexibility index (Phi) is 8.57. The van der Waals surface area contributed by atoms with Crippen molar-refractivity contribution in [3.8, 4) is 12.3 Å². The van der Waals surface area contributed by atoms with Crippen molar-refractivity contribution in [2.24, 2.45) is 0 Å². The van der Waals surface area contributed by atoms with Gasteiger partial charge in [0.25, 0.3) is 0 Å². The van der Waals surface area contributed by atoms with Crippen molar-refractivity contribution in [2.45, 2.75) is 25.8 Å². The first-order valence-corrected chi connectivity index (χ1v) is 8.07. The van der Waals surface area contributed by atoms with Gasteiger partial charge in [0.15, 0.2) is 0 Å². The zero-order valence-electron chi connectivity index (χ0n) is 14.2. The average Bonchev–Trinajstić information content (AvgIpc) is 3.09. The highest BCUT2D eigenvalue weighted by Gasteiger charge is 2.34. The molecule has 1 saturated heterocycles. The fourth-order valence-corrected chi connectivity index (χ4v) is 2.57. The van der Waals surface area contributed by atoms with Gasteiger partial charge in [0, 0.05) is 18.2 Å². The van der Waals surface area contributed by atoms with E-state index < -0.39 is 18.1 Å². The molecule has 1 fully saturated rings. The number of alkyl carbamates (subject to hydrolysis) is 1. The molecule has 0 saturated carbocycles. The van der Waals surface area contributed by atoms with E-state index >= 15 is 0 Å². The SMILES string of the molecule is C#C/C=C(Cl)\C(=C/C)COC(=O)NCC(=O)N1CCCC1C(=O)OC. The molecule has 8 heteroatoms. The van der Waals surface area contributed by atoms with Crippen molar-refractivity contribution in [1.82, 2.24) is 10.2 Å². The van der Waals surface area contributed by atoms with Gasteiger partial charge in [-0.05, 0) is 19.8 Å². The fraction of sp³-hybridized carbons (Fsp3) is 0.471. The Morgan fingerprint density at radius 3 is 2.76 bits per heavy atom. The monoisotopic (exact) mass is 368 g/mol. The van der Waals surface area contributed by atoms with E-state index in [9.17, 15) is 14.4 Å². The number of rotatable bonds is 6. The second kappa shape index (κ2) is 10.4. The lowest BCUT2D eigenvalue weighted by atomic mass is 10.2. The normalized spacial score (nSPS) is 17.7. The number of allylic oxidation sites excluding steroid dienone is 2. The van der Waals surface area contributed by atoms with Crippen molar-refractivity contribution in [3.05, 3.63) is 22.8 Å². The minimum absolute atomic E-state index is 0.0813. The fourth-order valence-electron chi connectivity index (χ4n) is 2.35. The quantitative estimate of drug-likeness (QED) is 0.437. The van der Waals surface area contributed by atoms with Gasteiger partial charge in [0.1, 0.15) is 19.2 Å². The number of carbonyl (C=O) groups is 3. The Morgan fingerprint density at radius 2 is 2.16 bits per heavy atom. The topological polar surface area (TPSA) is 84.9 Å². The summed E-state index contributed by atoms with van der Waals surface area (Å²) in [6.07, 6.45) is 8.63. The molecular formula is C17H21ClN2O5. The number of hydrogen-bond acceptors (Lipinski definition) is 5. The summed E-state index contributed by atoms with van der Waals surface area (Å²) < 4.78 is 9.67. The first kappa shape index (κ1) is 20.6. The third-order valence-corrected chi connectivity index (χ3v) is 4.01.